The third-order valence-electron chi connectivity index (χ3n) is 2.41. The lowest BCUT2D eigenvalue weighted by Crippen LogP contribution is -2.11. The number of thiazole rings is 1. The fourth-order valence-corrected chi connectivity index (χ4v) is 2.55. The molecule has 0 unspecified atom stereocenters. The average molecular weight is 269 g/mol. The van der Waals surface area contributed by atoms with E-state index in [4.69, 9.17) is 0 Å². The van der Waals surface area contributed by atoms with Crippen LogP contribution < -0.4 is 5.32 Å². The third-order valence-corrected chi connectivity index (χ3v) is 3.39. The predicted octanol–water partition coefficient (Wildman–Crippen LogP) is 3.65. The Balaban J connectivity index is 0.00000144. The molecule has 1 aromatic heterocycles. The van der Waals surface area contributed by atoms with Crippen molar-refractivity contribution in [1.29, 1.82) is 0 Å². The van der Waals surface area contributed by atoms with Gasteiger partial charge in [0, 0.05) is 17.0 Å². The summed E-state index contributed by atoms with van der Waals surface area (Å²) in [6.45, 7) is 6.10. The summed E-state index contributed by atoms with van der Waals surface area (Å²) >= 11 is 1.78. The summed E-state index contributed by atoms with van der Waals surface area (Å²) in [5.74, 6) is 0. The highest BCUT2D eigenvalue weighted by Gasteiger charge is 2.08. The third kappa shape index (κ3) is 3.53. The van der Waals surface area contributed by atoms with Gasteiger partial charge in [0.2, 0.25) is 0 Å². The lowest BCUT2D eigenvalue weighted by Gasteiger charge is -1.97. The highest BCUT2D eigenvalue weighted by molar-refractivity contribution is 7.12. The van der Waals surface area contributed by atoms with Crippen LogP contribution in [0, 0.1) is 6.92 Å². The summed E-state index contributed by atoms with van der Waals surface area (Å²) in [6.07, 6.45) is 0. The lowest BCUT2D eigenvalue weighted by molar-refractivity contribution is 0.723. The van der Waals surface area contributed by atoms with Gasteiger partial charge in [-0.15, -0.1) is 23.7 Å². The SMILES string of the molecule is CCNCc1nc(-c2ccccc2)c(C)s1.Cl. The molecule has 0 saturated carbocycles. The monoisotopic (exact) mass is 268 g/mol. The minimum atomic E-state index is 0. The van der Waals surface area contributed by atoms with Crippen LogP contribution in [0.2, 0.25) is 0 Å². The maximum atomic E-state index is 4.67. The molecular formula is C13H17ClN2S. The van der Waals surface area contributed by atoms with Gasteiger partial charge in [-0.05, 0) is 13.5 Å². The molecule has 2 aromatic rings. The topological polar surface area (TPSA) is 24.9 Å². The zero-order valence-electron chi connectivity index (χ0n) is 10.1. The van der Waals surface area contributed by atoms with E-state index < -0.39 is 0 Å². The summed E-state index contributed by atoms with van der Waals surface area (Å²) in [5.41, 5.74) is 2.33. The van der Waals surface area contributed by atoms with Crippen LogP contribution >= 0.6 is 23.7 Å². The minimum absolute atomic E-state index is 0. The van der Waals surface area contributed by atoms with Crippen LogP contribution in [-0.2, 0) is 6.54 Å². The molecule has 4 heteroatoms. The summed E-state index contributed by atoms with van der Waals surface area (Å²) < 4.78 is 0. The first-order valence-corrected chi connectivity index (χ1v) is 6.35. The Morgan fingerprint density at radius 2 is 1.94 bits per heavy atom. The second kappa shape index (κ2) is 6.74. The molecule has 17 heavy (non-hydrogen) atoms. The predicted molar refractivity (Wildman–Crippen MR) is 76.9 cm³/mol. The van der Waals surface area contributed by atoms with Gasteiger partial charge in [0.15, 0.2) is 0 Å². The lowest BCUT2D eigenvalue weighted by atomic mass is 10.1. The quantitative estimate of drug-likeness (QED) is 0.916. The molecule has 0 aliphatic heterocycles. The molecule has 1 heterocycles. The fraction of sp³-hybridized carbons (Fsp3) is 0.308. The molecule has 1 N–H and O–H groups in total. The Morgan fingerprint density at radius 3 is 2.59 bits per heavy atom. The Labute approximate surface area is 113 Å². The minimum Gasteiger partial charge on any atom is -0.311 e. The largest absolute Gasteiger partial charge is 0.311 e. The molecule has 0 amide bonds. The van der Waals surface area contributed by atoms with E-state index in [1.807, 2.05) is 6.07 Å². The number of hydrogen-bond donors (Lipinski definition) is 1. The number of aromatic nitrogens is 1. The van der Waals surface area contributed by atoms with E-state index in [9.17, 15) is 0 Å². The molecule has 0 aliphatic rings. The van der Waals surface area contributed by atoms with Crippen molar-refractivity contribution in [2.45, 2.75) is 20.4 Å². The van der Waals surface area contributed by atoms with Crippen molar-refractivity contribution < 1.29 is 0 Å². The van der Waals surface area contributed by atoms with Crippen LogP contribution in [0.25, 0.3) is 11.3 Å². The maximum Gasteiger partial charge on any atom is 0.107 e. The van der Waals surface area contributed by atoms with Gasteiger partial charge in [0.25, 0.3) is 0 Å². The summed E-state index contributed by atoms with van der Waals surface area (Å²) in [7, 11) is 0. The molecule has 0 spiro atoms. The van der Waals surface area contributed by atoms with Crippen molar-refractivity contribution in [2.24, 2.45) is 0 Å². The Bertz CT molecular complexity index is 454. The zero-order chi connectivity index (χ0) is 11.4. The Kier molecular flexibility index (Phi) is 5.62. The maximum absolute atomic E-state index is 4.67. The standard InChI is InChI=1S/C13H16N2S.ClH/c1-3-14-9-12-15-13(10(2)16-12)11-7-5-4-6-8-11;/h4-8,14H,3,9H2,1-2H3;1H. The highest BCUT2D eigenvalue weighted by Crippen LogP contribution is 2.27. The van der Waals surface area contributed by atoms with Crippen LogP contribution in [0.3, 0.4) is 0 Å². The average Bonchev–Trinajstić information content (AvgIpc) is 2.69. The van der Waals surface area contributed by atoms with Crippen LogP contribution in [0.15, 0.2) is 30.3 Å². The first-order chi connectivity index (χ1) is 7.81. The van der Waals surface area contributed by atoms with Gasteiger partial charge in [-0.3, -0.25) is 0 Å². The van der Waals surface area contributed by atoms with Crippen molar-refractivity contribution in [3.05, 3.63) is 40.2 Å². The van der Waals surface area contributed by atoms with Gasteiger partial charge >= 0.3 is 0 Å². The molecule has 0 saturated heterocycles. The second-order valence-electron chi connectivity index (χ2n) is 3.66. The number of rotatable bonds is 4. The molecule has 1 aromatic carbocycles. The molecular weight excluding hydrogens is 252 g/mol. The fourth-order valence-electron chi connectivity index (χ4n) is 1.62. The molecule has 0 radical (unpaired) electrons. The number of benzene rings is 1. The summed E-state index contributed by atoms with van der Waals surface area (Å²) in [5, 5.41) is 4.47. The van der Waals surface area contributed by atoms with Gasteiger partial charge in [0.05, 0.1) is 5.69 Å². The van der Waals surface area contributed by atoms with Gasteiger partial charge in [-0.25, -0.2) is 4.98 Å². The van der Waals surface area contributed by atoms with E-state index in [1.54, 1.807) is 11.3 Å². The van der Waals surface area contributed by atoms with Crippen LogP contribution in [0.5, 0.6) is 0 Å². The van der Waals surface area contributed by atoms with Crippen molar-refractivity contribution in [3.63, 3.8) is 0 Å². The van der Waals surface area contributed by atoms with Gasteiger partial charge in [0.1, 0.15) is 5.01 Å². The molecule has 0 atom stereocenters. The molecule has 0 aliphatic carbocycles. The van der Waals surface area contributed by atoms with E-state index in [1.165, 1.54) is 15.4 Å². The Hall–Kier alpha value is -0.900. The zero-order valence-corrected chi connectivity index (χ0v) is 11.7. The van der Waals surface area contributed by atoms with E-state index in [0.29, 0.717) is 0 Å². The van der Waals surface area contributed by atoms with Crippen molar-refractivity contribution >= 4 is 23.7 Å². The van der Waals surface area contributed by atoms with E-state index in [0.717, 1.165) is 18.8 Å². The van der Waals surface area contributed by atoms with Gasteiger partial charge in [-0.2, -0.15) is 0 Å². The first-order valence-electron chi connectivity index (χ1n) is 5.53. The number of nitrogens with zero attached hydrogens (tertiary/aromatic N) is 1. The number of hydrogen-bond acceptors (Lipinski definition) is 3. The number of aryl methyl sites for hydroxylation is 1. The summed E-state index contributed by atoms with van der Waals surface area (Å²) in [4.78, 5) is 5.96. The molecule has 2 nitrogen and oxygen atoms in total. The highest BCUT2D eigenvalue weighted by atomic mass is 35.5. The number of nitrogens with one attached hydrogen (secondary N) is 1. The van der Waals surface area contributed by atoms with Crippen LogP contribution in [0.4, 0.5) is 0 Å². The summed E-state index contributed by atoms with van der Waals surface area (Å²) in [6, 6.07) is 10.4. The molecule has 2 rings (SSSR count). The normalized spacial score (nSPS) is 10.0. The number of halogens is 1. The van der Waals surface area contributed by atoms with Crippen molar-refractivity contribution in [1.82, 2.24) is 10.3 Å². The first kappa shape index (κ1) is 14.2. The van der Waals surface area contributed by atoms with E-state index in [2.05, 4.69) is 48.4 Å². The second-order valence-corrected chi connectivity index (χ2v) is 4.95. The molecule has 92 valence electrons. The molecule has 0 fully saturated rings. The Morgan fingerprint density at radius 1 is 1.24 bits per heavy atom. The van der Waals surface area contributed by atoms with E-state index >= 15 is 0 Å². The van der Waals surface area contributed by atoms with Crippen LogP contribution in [0.1, 0.15) is 16.8 Å². The smallest absolute Gasteiger partial charge is 0.107 e. The van der Waals surface area contributed by atoms with Gasteiger partial charge in [-0.1, -0.05) is 37.3 Å². The van der Waals surface area contributed by atoms with Crippen LogP contribution in [-0.4, -0.2) is 11.5 Å². The van der Waals surface area contributed by atoms with Crippen molar-refractivity contribution in [2.75, 3.05) is 6.54 Å². The van der Waals surface area contributed by atoms with Gasteiger partial charge < -0.3 is 5.32 Å². The van der Waals surface area contributed by atoms with E-state index in [-0.39, 0.29) is 12.4 Å². The molecule has 0 bridgehead atoms. The van der Waals surface area contributed by atoms with Crippen molar-refractivity contribution in [3.8, 4) is 11.3 Å².